The molecule has 2 aromatic heterocycles. The highest BCUT2D eigenvalue weighted by molar-refractivity contribution is 5.59. The van der Waals surface area contributed by atoms with Crippen molar-refractivity contribution in [3.05, 3.63) is 29.8 Å². The minimum Gasteiger partial charge on any atom is -0.264 e. The molecule has 0 N–H and O–H groups in total. The molecular formula is C11H13N4+. The molecular weight excluding hydrogens is 188 g/mol. The van der Waals surface area contributed by atoms with Gasteiger partial charge in [-0.1, -0.05) is 0 Å². The van der Waals surface area contributed by atoms with Gasteiger partial charge >= 0.3 is 0 Å². The van der Waals surface area contributed by atoms with Crippen LogP contribution in [0, 0.1) is 6.92 Å². The zero-order chi connectivity index (χ0) is 10.6. The van der Waals surface area contributed by atoms with E-state index in [2.05, 4.69) is 27.6 Å². The summed E-state index contributed by atoms with van der Waals surface area (Å²) in [7, 11) is 1.98. The lowest BCUT2D eigenvalue weighted by molar-refractivity contribution is -0.700. The van der Waals surface area contributed by atoms with E-state index in [9.17, 15) is 0 Å². The Balaban J connectivity index is 2.40. The van der Waals surface area contributed by atoms with E-state index < -0.39 is 0 Å². The fourth-order valence-corrected chi connectivity index (χ4v) is 2.49. The molecule has 3 rings (SSSR count). The summed E-state index contributed by atoms with van der Waals surface area (Å²) in [4.78, 5) is 4.19. The molecule has 0 saturated carbocycles. The Labute approximate surface area is 88.2 Å². The van der Waals surface area contributed by atoms with Gasteiger partial charge in [0.2, 0.25) is 0 Å². The maximum Gasteiger partial charge on any atom is 0.275 e. The second kappa shape index (κ2) is 2.66. The van der Waals surface area contributed by atoms with Crippen LogP contribution in [0.4, 0.5) is 0 Å². The summed E-state index contributed by atoms with van der Waals surface area (Å²) in [6.45, 7) is 4.24. The molecule has 2 aromatic rings. The van der Waals surface area contributed by atoms with Crippen LogP contribution in [0.2, 0.25) is 0 Å². The summed E-state index contributed by atoms with van der Waals surface area (Å²) in [6, 6.07) is 2.46. The lowest BCUT2D eigenvalue weighted by Crippen LogP contribution is -2.37. The lowest BCUT2D eigenvalue weighted by Gasteiger charge is -2.02. The van der Waals surface area contributed by atoms with Crippen molar-refractivity contribution in [2.75, 3.05) is 0 Å². The zero-order valence-corrected chi connectivity index (χ0v) is 9.10. The molecule has 0 radical (unpaired) electrons. The van der Waals surface area contributed by atoms with Crippen molar-refractivity contribution >= 4 is 0 Å². The Bertz CT molecular complexity index is 542. The zero-order valence-electron chi connectivity index (χ0n) is 9.10. The minimum absolute atomic E-state index is 0.367. The molecule has 76 valence electrons. The van der Waals surface area contributed by atoms with Gasteiger partial charge in [0.1, 0.15) is 6.04 Å². The summed E-state index contributed by atoms with van der Waals surface area (Å²) < 4.78 is 4.19. The standard InChI is InChI=1S/C11H13N4/c1-7-9-4-5-12-6-10(9)11-14(3)13-8(2)15(7)11/h4-7H,1-3H3/q+1. The second-order valence-electron chi connectivity index (χ2n) is 4.00. The molecule has 15 heavy (non-hydrogen) atoms. The number of hydrogen-bond donors (Lipinski definition) is 0. The largest absolute Gasteiger partial charge is 0.275 e. The average Bonchev–Trinajstić information content (AvgIpc) is 2.68. The van der Waals surface area contributed by atoms with Crippen LogP contribution in [0.15, 0.2) is 18.5 Å². The number of rotatable bonds is 0. The monoisotopic (exact) mass is 201 g/mol. The molecule has 1 unspecified atom stereocenters. The van der Waals surface area contributed by atoms with Gasteiger partial charge in [-0.05, 0) is 13.0 Å². The third-order valence-electron chi connectivity index (χ3n) is 3.11. The van der Waals surface area contributed by atoms with E-state index in [0.717, 1.165) is 11.6 Å². The molecule has 0 aliphatic carbocycles. The Hall–Kier alpha value is -1.71. The fraction of sp³-hybridized carbons (Fsp3) is 0.364. The number of fused-ring (bicyclic) bond motifs is 3. The van der Waals surface area contributed by atoms with Gasteiger partial charge < -0.3 is 0 Å². The average molecular weight is 201 g/mol. The maximum atomic E-state index is 4.43. The fourth-order valence-electron chi connectivity index (χ4n) is 2.49. The van der Waals surface area contributed by atoms with Gasteiger partial charge in [0.25, 0.3) is 11.6 Å². The molecule has 4 heteroatoms. The molecule has 1 aliphatic rings. The summed E-state index contributed by atoms with van der Waals surface area (Å²) in [5, 5.41) is 4.43. The first kappa shape index (κ1) is 8.59. The van der Waals surface area contributed by atoms with E-state index in [1.165, 1.54) is 11.1 Å². The number of nitrogens with zero attached hydrogens (tertiary/aromatic N) is 4. The van der Waals surface area contributed by atoms with E-state index >= 15 is 0 Å². The van der Waals surface area contributed by atoms with E-state index in [1.807, 2.05) is 31.0 Å². The first-order chi connectivity index (χ1) is 7.20. The van der Waals surface area contributed by atoms with Gasteiger partial charge in [-0.25, -0.2) is 4.57 Å². The lowest BCUT2D eigenvalue weighted by atomic mass is 10.1. The molecule has 1 aliphatic heterocycles. The van der Waals surface area contributed by atoms with E-state index in [0.29, 0.717) is 6.04 Å². The molecule has 0 saturated heterocycles. The van der Waals surface area contributed by atoms with E-state index in [-0.39, 0.29) is 0 Å². The van der Waals surface area contributed by atoms with Crippen LogP contribution in [0.1, 0.15) is 24.4 Å². The van der Waals surface area contributed by atoms with Crippen molar-refractivity contribution in [2.24, 2.45) is 7.05 Å². The molecule has 0 bridgehead atoms. The van der Waals surface area contributed by atoms with E-state index in [1.54, 1.807) is 0 Å². The van der Waals surface area contributed by atoms with Gasteiger partial charge in [-0.15, -0.1) is 4.68 Å². The molecule has 0 amide bonds. The Morgan fingerprint density at radius 3 is 3.07 bits per heavy atom. The molecule has 0 spiro atoms. The molecule has 4 nitrogen and oxygen atoms in total. The first-order valence-electron chi connectivity index (χ1n) is 5.09. The van der Waals surface area contributed by atoms with Crippen molar-refractivity contribution in [1.82, 2.24) is 14.8 Å². The molecule has 1 atom stereocenters. The Kier molecular flexibility index (Phi) is 1.52. The van der Waals surface area contributed by atoms with Crippen molar-refractivity contribution < 1.29 is 4.57 Å². The highest BCUT2D eigenvalue weighted by Crippen LogP contribution is 2.32. The predicted molar refractivity (Wildman–Crippen MR) is 55.2 cm³/mol. The van der Waals surface area contributed by atoms with Gasteiger partial charge in [0.15, 0.2) is 0 Å². The van der Waals surface area contributed by atoms with Gasteiger partial charge in [0.05, 0.1) is 12.6 Å². The van der Waals surface area contributed by atoms with Crippen LogP contribution in [0.3, 0.4) is 0 Å². The number of aromatic nitrogens is 4. The highest BCUT2D eigenvalue weighted by atomic mass is 15.4. The van der Waals surface area contributed by atoms with Crippen LogP contribution in [0.5, 0.6) is 0 Å². The van der Waals surface area contributed by atoms with Crippen LogP contribution in [0.25, 0.3) is 11.4 Å². The third kappa shape index (κ3) is 0.936. The van der Waals surface area contributed by atoms with Gasteiger partial charge in [0, 0.05) is 30.0 Å². The second-order valence-corrected chi connectivity index (χ2v) is 4.00. The number of aryl methyl sites for hydroxylation is 2. The topological polar surface area (TPSA) is 34.6 Å². The van der Waals surface area contributed by atoms with Gasteiger partial charge in [-0.2, -0.15) is 0 Å². The highest BCUT2D eigenvalue weighted by Gasteiger charge is 2.36. The third-order valence-corrected chi connectivity index (χ3v) is 3.11. The number of hydrogen-bond acceptors (Lipinski definition) is 2. The van der Waals surface area contributed by atoms with Crippen LogP contribution < -0.4 is 4.57 Å². The van der Waals surface area contributed by atoms with Crippen LogP contribution in [-0.4, -0.2) is 14.8 Å². The molecule has 3 heterocycles. The van der Waals surface area contributed by atoms with Crippen LogP contribution >= 0.6 is 0 Å². The van der Waals surface area contributed by atoms with E-state index in [4.69, 9.17) is 0 Å². The summed E-state index contributed by atoms with van der Waals surface area (Å²) in [5.41, 5.74) is 2.54. The van der Waals surface area contributed by atoms with Gasteiger partial charge in [-0.3, -0.25) is 4.98 Å². The minimum atomic E-state index is 0.367. The molecule has 0 aromatic carbocycles. The summed E-state index contributed by atoms with van der Waals surface area (Å²) in [5.74, 6) is 2.21. The Morgan fingerprint density at radius 1 is 1.47 bits per heavy atom. The smallest absolute Gasteiger partial charge is 0.264 e. The van der Waals surface area contributed by atoms with Crippen molar-refractivity contribution in [2.45, 2.75) is 19.9 Å². The van der Waals surface area contributed by atoms with Crippen molar-refractivity contribution in [3.8, 4) is 11.4 Å². The Morgan fingerprint density at radius 2 is 2.27 bits per heavy atom. The SMILES string of the molecule is Cc1nn(C)c2[n+]1C(C)c1ccncc1-2. The predicted octanol–water partition coefficient (Wildman–Crippen LogP) is 1.00. The first-order valence-corrected chi connectivity index (χ1v) is 5.09. The normalized spacial score (nSPS) is 17.7. The van der Waals surface area contributed by atoms with Crippen LogP contribution in [-0.2, 0) is 7.05 Å². The van der Waals surface area contributed by atoms with Crippen molar-refractivity contribution in [3.63, 3.8) is 0 Å². The number of pyridine rings is 1. The quantitative estimate of drug-likeness (QED) is 0.596. The summed E-state index contributed by atoms with van der Waals surface area (Å²) in [6.07, 6.45) is 3.77. The summed E-state index contributed by atoms with van der Waals surface area (Å²) >= 11 is 0. The maximum absolute atomic E-state index is 4.43. The molecule has 0 fully saturated rings. The van der Waals surface area contributed by atoms with Crippen molar-refractivity contribution in [1.29, 1.82) is 0 Å².